The molecule has 0 fully saturated rings. The Kier molecular flexibility index (Phi) is 5.13. The predicted octanol–water partition coefficient (Wildman–Crippen LogP) is 4.27. The van der Waals surface area contributed by atoms with E-state index < -0.39 is 5.91 Å². The number of para-hydroxylation sites is 1. The Hall–Kier alpha value is -3.72. The molecule has 1 aromatic heterocycles. The van der Waals surface area contributed by atoms with Gasteiger partial charge in [0.05, 0.1) is 11.3 Å². The second-order valence-electron chi connectivity index (χ2n) is 6.22. The van der Waals surface area contributed by atoms with Crippen LogP contribution in [0.15, 0.2) is 48.5 Å². The molecule has 6 nitrogen and oxygen atoms in total. The summed E-state index contributed by atoms with van der Waals surface area (Å²) >= 11 is 0. The van der Waals surface area contributed by atoms with E-state index >= 15 is 0 Å². The maximum Gasteiger partial charge on any atom is 0.274 e. The van der Waals surface area contributed by atoms with Gasteiger partial charge in [0.15, 0.2) is 0 Å². The Morgan fingerprint density at radius 3 is 2.52 bits per heavy atom. The molecule has 1 amide bonds. The summed E-state index contributed by atoms with van der Waals surface area (Å²) in [7, 11) is 0. The van der Waals surface area contributed by atoms with E-state index in [4.69, 9.17) is 5.26 Å². The first-order chi connectivity index (χ1) is 13.0. The van der Waals surface area contributed by atoms with Crippen molar-refractivity contribution in [2.75, 3.05) is 10.6 Å². The first-order valence-electron chi connectivity index (χ1n) is 8.46. The average Bonchev–Trinajstić information content (AvgIpc) is 2.64. The lowest BCUT2D eigenvalue weighted by molar-refractivity contribution is 0.102. The molecule has 0 saturated heterocycles. The van der Waals surface area contributed by atoms with E-state index in [-0.39, 0.29) is 5.69 Å². The van der Waals surface area contributed by atoms with Crippen molar-refractivity contribution in [1.82, 2.24) is 9.97 Å². The summed E-state index contributed by atoms with van der Waals surface area (Å²) in [5.74, 6) is 0.610. The van der Waals surface area contributed by atoms with Gasteiger partial charge < -0.3 is 10.6 Å². The molecule has 0 spiro atoms. The fraction of sp³-hybridized carbons (Fsp3) is 0.143. The number of aromatic nitrogens is 2. The van der Waals surface area contributed by atoms with E-state index in [0.717, 1.165) is 11.3 Å². The lowest BCUT2D eigenvalue weighted by Gasteiger charge is -2.11. The highest BCUT2D eigenvalue weighted by Gasteiger charge is 2.13. The van der Waals surface area contributed by atoms with Gasteiger partial charge in [-0.25, -0.2) is 9.97 Å². The van der Waals surface area contributed by atoms with Crippen LogP contribution in [0.25, 0.3) is 0 Å². The third kappa shape index (κ3) is 4.28. The zero-order valence-electron chi connectivity index (χ0n) is 15.4. The van der Waals surface area contributed by atoms with E-state index in [0.29, 0.717) is 22.9 Å². The van der Waals surface area contributed by atoms with Gasteiger partial charge in [-0.15, -0.1) is 0 Å². The van der Waals surface area contributed by atoms with Crippen LogP contribution in [0.5, 0.6) is 0 Å². The lowest BCUT2D eigenvalue weighted by Crippen LogP contribution is -2.16. The van der Waals surface area contributed by atoms with E-state index in [1.165, 1.54) is 5.56 Å². The van der Waals surface area contributed by atoms with E-state index in [2.05, 4.69) is 33.6 Å². The van der Waals surface area contributed by atoms with Gasteiger partial charge in [0.2, 0.25) is 0 Å². The quantitative estimate of drug-likeness (QED) is 0.728. The highest BCUT2D eigenvalue weighted by Crippen LogP contribution is 2.20. The van der Waals surface area contributed by atoms with Gasteiger partial charge in [0.25, 0.3) is 5.91 Å². The van der Waals surface area contributed by atoms with Gasteiger partial charge in [0, 0.05) is 11.8 Å². The molecular formula is C21H19N5O. The van der Waals surface area contributed by atoms with Gasteiger partial charge >= 0.3 is 0 Å². The molecule has 27 heavy (non-hydrogen) atoms. The number of carbonyl (C=O) groups excluding carboxylic acids is 1. The fourth-order valence-electron chi connectivity index (χ4n) is 2.59. The van der Waals surface area contributed by atoms with E-state index in [1.54, 1.807) is 37.3 Å². The van der Waals surface area contributed by atoms with Crippen molar-refractivity contribution >= 4 is 23.1 Å². The first kappa shape index (κ1) is 18.1. The third-order valence-corrected chi connectivity index (χ3v) is 4.15. The molecule has 3 aromatic rings. The summed E-state index contributed by atoms with van der Waals surface area (Å²) < 4.78 is 0. The minimum atomic E-state index is -0.397. The maximum absolute atomic E-state index is 12.6. The van der Waals surface area contributed by atoms with Crippen LogP contribution in [-0.4, -0.2) is 15.9 Å². The molecule has 0 aliphatic carbocycles. The molecule has 2 aromatic carbocycles. The maximum atomic E-state index is 12.6. The number of anilines is 3. The average molecular weight is 357 g/mol. The number of nitrogens with one attached hydrogen (secondary N) is 2. The molecule has 0 atom stereocenters. The van der Waals surface area contributed by atoms with Crippen LogP contribution in [0.1, 0.15) is 33.0 Å². The summed E-state index contributed by atoms with van der Waals surface area (Å²) in [6.45, 7) is 5.82. The van der Waals surface area contributed by atoms with Gasteiger partial charge in [-0.05, 0) is 56.2 Å². The van der Waals surface area contributed by atoms with Crippen LogP contribution in [0.4, 0.5) is 17.2 Å². The Bertz CT molecular complexity index is 1050. The van der Waals surface area contributed by atoms with Crippen LogP contribution in [0.2, 0.25) is 0 Å². The lowest BCUT2D eigenvalue weighted by atomic mass is 10.1. The minimum absolute atomic E-state index is 0.224. The van der Waals surface area contributed by atoms with Crippen molar-refractivity contribution in [2.24, 2.45) is 0 Å². The molecule has 0 bridgehead atoms. The highest BCUT2D eigenvalue weighted by molar-refractivity contribution is 6.04. The molecule has 0 unspecified atom stereocenters. The molecule has 0 saturated carbocycles. The molecule has 0 aliphatic heterocycles. The Labute approximate surface area is 157 Å². The summed E-state index contributed by atoms with van der Waals surface area (Å²) in [6, 6.07) is 16.5. The fourth-order valence-corrected chi connectivity index (χ4v) is 2.59. The molecular weight excluding hydrogens is 338 g/mol. The zero-order valence-corrected chi connectivity index (χ0v) is 15.4. The topological polar surface area (TPSA) is 90.7 Å². The van der Waals surface area contributed by atoms with E-state index in [9.17, 15) is 4.79 Å². The largest absolute Gasteiger partial charge is 0.340 e. The molecule has 2 N–H and O–H groups in total. The van der Waals surface area contributed by atoms with Crippen molar-refractivity contribution in [3.8, 4) is 6.07 Å². The van der Waals surface area contributed by atoms with Gasteiger partial charge in [-0.1, -0.05) is 18.2 Å². The Balaban J connectivity index is 1.85. The number of carbonyl (C=O) groups is 1. The van der Waals surface area contributed by atoms with Crippen molar-refractivity contribution in [3.63, 3.8) is 0 Å². The number of aryl methyl sites for hydroxylation is 3. The molecule has 134 valence electrons. The van der Waals surface area contributed by atoms with E-state index in [1.807, 2.05) is 25.1 Å². The first-order valence-corrected chi connectivity index (χ1v) is 8.46. The molecule has 1 heterocycles. The molecule has 0 radical (unpaired) electrons. The van der Waals surface area contributed by atoms with Gasteiger partial charge in [0.1, 0.15) is 23.4 Å². The Morgan fingerprint density at radius 2 is 1.78 bits per heavy atom. The van der Waals surface area contributed by atoms with Crippen LogP contribution < -0.4 is 10.6 Å². The molecule has 6 heteroatoms. The number of amides is 1. The number of rotatable bonds is 4. The molecule has 0 aliphatic rings. The van der Waals surface area contributed by atoms with Crippen LogP contribution in [0, 0.1) is 32.1 Å². The minimum Gasteiger partial charge on any atom is -0.340 e. The van der Waals surface area contributed by atoms with Crippen molar-refractivity contribution in [2.45, 2.75) is 20.8 Å². The predicted molar refractivity (Wildman–Crippen MR) is 105 cm³/mol. The standard InChI is InChI=1S/C21H19N5O/c1-13-8-9-17(10-14(13)2)25-20-11-19(23-15(3)24-20)21(27)26-18-7-5-4-6-16(18)12-22/h4-11H,1-3H3,(H,26,27)(H,23,24,25). The second kappa shape index (κ2) is 7.67. The summed E-state index contributed by atoms with van der Waals surface area (Å²) in [5, 5.41) is 15.1. The number of benzene rings is 2. The van der Waals surface area contributed by atoms with Gasteiger partial charge in [-0.2, -0.15) is 5.26 Å². The smallest absolute Gasteiger partial charge is 0.274 e. The SMILES string of the molecule is Cc1nc(Nc2ccc(C)c(C)c2)cc(C(=O)Nc2ccccc2C#N)n1. The van der Waals surface area contributed by atoms with Crippen molar-refractivity contribution in [1.29, 1.82) is 5.26 Å². The number of nitriles is 1. The van der Waals surface area contributed by atoms with Crippen LogP contribution >= 0.6 is 0 Å². The number of hydrogen-bond acceptors (Lipinski definition) is 5. The van der Waals surface area contributed by atoms with Crippen molar-refractivity contribution < 1.29 is 4.79 Å². The summed E-state index contributed by atoms with van der Waals surface area (Å²) in [6.07, 6.45) is 0. The Morgan fingerprint density at radius 1 is 1.00 bits per heavy atom. The molecule has 3 rings (SSSR count). The summed E-state index contributed by atoms with van der Waals surface area (Å²) in [4.78, 5) is 21.2. The number of nitrogens with zero attached hydrogens (tertiary/aromatic N) is 3. The second-order valence-corrected chi connectivity index (χ2v) is 6.22. The number of hydrogen-bond donors (Lipinski definition) is 2. The zero-order chi connectivity index (χ0) is 19.4. The van der Waals surface area contributed by atoms with Gasteiger partial charge in [-0.3, -0.25) is 4.79 Å². The monoisotopic (exact) mass is 357 g/mol. The van der Waals surface area contributed by atoms with Crippen LogP contribution in [-0.2, 0) is 0 Å². The normalized spacial score (nSPS) is 10.1. The van der Waals surface area contributed by atoms with Crippen molar-refractivity contribution in [3.05, 3.63) is 76.7 Å². The summed E-state index contributed by atoms with van der Waals surface area (Å²) in [5.41, 5.74) is 4.32. The highest BCUT2D eigenvalue weighted by atomic mass is 16.1. The third-order valence-electron chi connectivity index (χ3n) is 4.15. The van der Waals surface area contributed by atoms with Crippen LogP contribution in [0.3, 0.4) is 0 Å².